The van der Waals surface area contributed by atoms with E-state index < -0.39 is 0 Å². The van der Waals surface area contributed by atoms with Crippen LogP contribution in [0, 0.1) is 19.8 Å². The molecule has 6 heteroatoms. The summed E-state index contributed by atoms with van der Waals surface area (Å²) in [6.07, 6.45) is 2.03. The fourth-order valence-corrected chi connectivity index (χ4v) is 2.69. The van der Waals surface area contributed by atoms with Crippen LogP contribution in [0.15, 0.2) is 12.3 Å². The van der Waals surface area contributed by atoms with Crippen LogP contribution in [-0.4, -0.2) is 25.5 Å². The summed E-state index contributed by atoms with van der Waals surface area (Å²) in [5.41, 5.74) is 3.01. The third-order valence-corrected chi connectivity index (χ3v) is 3.83. The highest BCUT2D eigenvalue weighted by Crippen LogP contribution is 2.17. The number of aromatic nitrogens is 4. The van der Waals surface area contributed by atoms with Gasteiger partial charge in [0.25, 0.3) is 0 Å². The lowest BCUT2D eigenvalue weighted by Crippen LogP contribution is -2.19. The molecule has 2 aromatic rings. The van der Waals surface area contributed by atoms with E-state index in [1.165, 1.54) is 0 Å². The monoisotopic (exact) mass is 317 g/mol. The first-order valence-corrected chi connectivity index (χ1v) is 8.15. The lowest BCUT2D eigenvalue weighted by molar-refractivity contribution is -0.115. The van der Waals surface area contributed by atoms with Crippen molar-refractivity contribution in [1.29, 1.82) is 0 Å². The van der Waals surface area contributed by atoms with Gasteiger partial charge in [0.05, 0.1) is 18.3 Å². The van der Waals surface area contributed by atoms with Gasteiger partial charge in [-0.1, -0.05) is 13.8 Å². The van der Waals surface area contributed by atoms with E-state index in [4.69, 9.17) is 0 Å². The summed E-state index contributed by atoms with van der Waals surface area (Å²) >= 11 is 0. The molecule has 6 nitrogen and oxygen atoms in total. The Labute approximate surface area is 137 Å². The van der Waals surface area contributed by atoms with Crippen molar-refractivity contribution in [1.82, 2.24) is 19.6 Å². The number of carbonyl (C=O) groups excluding carboxylic acids is 1. The van der Waals surface area contributed by atoms with Gasteiger partial charge < -0.3 is 5.32 Å². The Balaban J connectivity index is 2.11. The van der Waals surface area contributed by atoms with Gasteiger partial charge in [0, 0.05) is 29.9 Å². The van der Waals surface area contributed by atoms with Crippen LogP contribution >= 0.6 is 0 Å². The van der Waals surface area contributed by atoms with E-state index in [2.05, 4.69) is 29.4 Å². The third kappa shape index (κ3) is 4.00. The molecule has 0 aliphatic heterocycles. The summed E-state index contributed by atoms with van der Waals surface area (Å²) in [5.74, 6) is 1.22. The average molecular weight is 317 g/mol. The number of anilines is 1. The molecule has 0 fully saturated rings. The number of hydrogen-bond donors (Lipinski definition) is 1. The zero-order chi connectivity index (χ0) is 17.1. The lowest BCUT2D eigenvalue weighted by Gasteiger charge is -2.12. The average Bonchev–Trinajstić information content (AvgIpc) is 2.99. The minimum Gasteiger partial charge on any atom is -0.311 e. The zero-order valence-electron chi connectivity index (χ0n) is 14.9. The minimum absolute atomic E-state index is 0.0392. The number of carbonyl (C=O) groups is 1. The second-order valence-corrected chi connectivity index (χ2v) is 6.71. The number of rotatable bonds is 6. The van der Waals surface area contributed by atoms with Gasteiger partial charge in [-0.05, 0) is 33.6 Å². The quantitative estimate of drug-likeness (QED) is 0.890. The Morgan fingerprint density at radius 3 is 2.57 bits per heavy atom. The molecular weight excluding hydrogens is 290 g/mol. The molecule has 126 valence electrons. The highest BCUT2D eigenvalue weighted by molar-refractivity contribution is 5.91. The molecule has 0 aliphatic rings. The van der Waals surface area contributed by atoms with E-state index in [0.29, 0.717) is 12.3 Å². The molecule has 2 aromatic heterocycles. The van der Waals surface area contributed by atoms with Gasteiger partial charge in [0.15, 0.2) is 0 Å². The first-order valence-electron chi connectivity index (χ1n) is 8.15. The summed E-state index contributed by atoms with van der Waals surface area (Å²) in [7, 11) is 0. The van der Waals surface area contributed by atoms with Crippen LogP contribution in [0.3, 0.4) is 0 Å². The molecule has 0 saturated carbocycles. The third-order valence-electron chi connectivity index (χ3n) is 3.83. The molecule has 2 heterocycles. The molecule has 0 aromatic carbocycles. The largest absolute Gasteiger partial charge is 0.311 e. The fraction of sp³-hybridized carbons (Fsp3) is 0.588. The normalized spacial score (nSPS) is 11.5. The van der Waals surface area contributed by atoms with E-state index in [9.17, 15) is 4.79 Å². The Morgan fingerprint density at radius 1 is 1.26 bits per heavy atom. The maximum Gasteiger partial charge on any atom is 0.230 e. The number of amides is 1. The Morgan fingerprint density at radius 2 is 1.96 bits per heavy atom. The van der Waals surface area contributed by atoms with Crippen LogP contribution in [0.2, 0.25) is 0 Å². The van der Waals surface area contributed by atoms with Gasteiger partial charge in [-0.2, -0.15) is 10.2 Å². The highest BCUT2D eigenvalue weighted by Gasteiger charge is 2.17. The van der Waals surface area contributed by atoms with Crippen molar-refractivity contribution < 1.29 is 4.79 Å². The van der Waals surface area contributed by atoms with Gasteiger partial charge >= 0.3 is 0 Å². The number of hydrogen-bond acceptors (Lipinski definition) is 3. The smallest absolute Gasteiger partial charge is 0.230 e. The molecule has 0 radical (unpaired) electrons. The van der Waals surface area contributed by atoms with Gasteiger partial charge in [0.2, 0.25) is 5.91 Å². The summed E-state index contributed by atoms with van der Waals surface area (Å²) in [6.45, 7) is 13.3. The predicted molar refractivity (Wildman–Crippen MR) is 91.5 cm³/mol. The topological polar surface area (TPSA) is 64.7 Å². The zero-order valence-corrected chi connectivity index (χ0v) is 14.9. The van der Waals surface area contributed by atoms with E-state index in [1.54, 1.807) is 10.9 Å². The standard InChI is InChI=1S/C17H27N5O/c1-11(2)10-21-14(6)15(13(5)20-21)9-17(23)19-16-7-8-18-22(16)12(3)4/h7-8,11-12H,9-10H2,1-6H3,(H,19,23). The van der Waals surface area contributed by atoms with Crippen LogP contribution in [0.5, 0.6) is 0 Å². The van der Waals surface area contributed by atoms with Crippen molar-refractivity contribution in [3.63, 3.8) is 0 Å². The predicted octanol–water partition coefficient (Wildman–Crippen LogP) is 3.11. The first kappa shape index (κ1) is 17.2. The van der Waals surface area contributed by atoms with Crippen molar-refractivity contribution >= 4 is 11.7 Å². The number of nitrogens with one attached hydrogen (secondary N) is 1. The maximum atomic E-state index is 12.4. The number of nitrogens with zero attached hydrogens (tertiary/aromatic N) is 4. The van der Waals surface area contributed by atoms with Gasteiger partial charge in [0.1, 0.15) is 5.82 Å². The van der Waals surface area contributed by atoms with E-state index in [1.807, 2.05) is 38.4 Å². The van der Waals surface area contributed by atoms with Crippen LogP contribution < -0.4 is 5.32 Å². The highest BCUT2D eigenvalue weighted by atomic mass is 16.1. The second kappa shape index (κ2) is 6.98. The second-order valence-electron chi connectivity index (χ2n) is 6.71. The van der Waals surface area contributed by atoms with E-state index >= 15 is 0 Å². The molecule has 23 heavy (non-hydrogen) atoms. The van der Waals surface area contributed by atoms with Gasteiger partial charge in [-0.25, -0.2) is 4.68 Å². The Kier molecular flexibility index (Phi) is 5.23. The molecular formula is C17H27N5O. The van der Waals surface area contributed by atoms with E-state index in [0.717, 1.165) is 29.3 Å². The molecule has 1 amide bonds. The molecule has 0 saturated heterocycles. The van der Waals surface area contributed by atoms with Crippen LogP contribution in [0.4, 0.5) is 5.82 Å². The molecule has 0 bridgehead atoms. The van der Waals surface area contributed by atoms with Crippen molar-refractivity contribution in [3.05, 3.63) is 29.2 Å². The van der Waals surface area contributed by atoms with E-state index in [-0.39, 0.29) is 11.9 Å². The molecule has 1 N–H and O–H groups in total. The Bertz CT molecular complexity index is 681. The fourth-order valence-electron chi connectivity index (χ4n) is 2.69. The molecule has 0 unspecified atom stereocenters. The molecule has 0 aliphatic carbocycles. The van der Waals surface area contributed by atoms with Gasteiger partial charge in [-0.3, -0.25) is 9.48 Å². The van der Waals surface area contributed by atoms with Crippen molar-refractivity contribution in [2.24, 2.45) is 5.92 Å². The van der Waals surface area contributed by atoms with Crippen molar-refractivity contribution in [2.75, 3.05) is 5.32 Å². The van der Waals surface area contributed by atoms with Crippen molar-refractivity contribution in [3.8, 4) is 0 Å². The summed E-state index contributed by atoms with van der Waals surface area (Å²) < 4.78 is 3.81. The minimum atomic E-state index is -0.0392. The molecule has 0 atom stereocenters. The van der Waals surface area contributed by atoms with Crippen LogP contribution in [-0.2, 0) is 17.8 Å². The SMILES string of the molecule is Cc1nn(CC(C)C)c(C)c1CC(=O)Nc1ccnn1C(C)C. The van der Waals surface area contributed by atoms with Gasteiger partial charge in [-0.15, -0.1) is 0 Å². The lowest BCUT2D eigenvalue weighted by atomic mass is 10.1. The number of aryl methyl sites for hydroxylation is 1. The summed E-state index contributed by atoms with van der Waals surface area (Å²) in [6, 6.07) is 2.03. The van der Waals surface area contributed by atoms with Crippen LogP contribution in [0.25, 0.3) is 0 Å². The van der Waals surface area contributed by atoms with Crippen molar-refractivity contribution in [2.45, 2.75) is 60.5 Å². The molecule has 2 rings (SSSR count). The van der Waals surface area contributed by atoms with Crippen LogP contribution in [0.1, 0.15) is 50.7 Å². The first-order chi connectivity index (χ1) is 10.8. The summed E-state index contributed by atoms with van der Waals surface area (Å²) in [4.78, 5) is 12.4. The summed E-state index contributed by atoms with van der Waals surface area (Å²) in [5, 5.41) is 11.7. The Hall–Kier alpha value is -2.11. The maximum absolute atomic E-state index is 12.4. The molecule has 0 spiro atoms.